The number of para-hydroxylation sites is 1. The van der Waals surface area contributed by atoms with E-state index in [-0.39, 0.29) is 11.9 Å². The van der Waals surface area contributed by atoms with Gasteiger partial charge < -0.3 is 10.6 Å². The number of aromatic nitrogens is 1. The van der Waals surface area contributed by atoms with Crippen molar-refractivity contribution in [2.75, 3.05) is 11.4 Å². The Morgan fingerprint density at radius 1 is 1.30 bits per heavy atom. The predicted molar refractivity (Wildman–Crippen MR) is 77.1 cm³/mol. The molecule has 5 heteroatoms. The molecule has 0 radical (unpaired) electrons. The summed E-state index contributed by atoms with van der Waals surface area (Å²) in [7, 11) is 0. The van der Waals surface area contributed by atoms with Crippen molar-refractivity contribution in [3.63, 3.8) is 0 Å². The van der Waals surface area contributed by atoms with Crippen LogP contribution in [0.2, 0.25) is 0 Å². The zero-order valence-electron chi connectivity index (χ0n) is 11.1. The molecular weight excluding hydrogens is 255 g/mol. The highest BCUT2D eigenvalue weighted by Crippen LogP contribution is 2.33. The number of hydrogen-bond acceptors (Lipinski definition) is 4. The van der Waals surface area contributed by atoms with Crippen molar-refractivity contribution in [2.24, 2.45) is 10.7 Å². The van der Waals surface area contributed by atoms with Gasteiger partial charge in [0.2, 0.25) is 0 Å². The molecule has 1 unspecified atom stereocenters. The molecule has 0 spiro atoms. The van der Waals surface area contributed by atoms with Crippen LogP contribution in [0.25, 0.3) is 0 Å². The van der Waals surface area contributed by atoms with Gasteiger partial charge in [-0.1, -0.05) is 12.1 Å². The summed E-state index contributed by atoms with van der Waals surface area (Å²) < 4.78 is 14.0. The molecule has 1 aromatic heterocycles. The highest BCUT2D eigenvalue weighted by Gasteiger charge is 2.31. The largest absolute Gasteiger partial charge is 0.369 e. The average molecular weight is 270 g/mol. The van der Waals surface area contributed by atoms with E-state index in [1.54, 1.807) is 35.5 Å². The Labute approximate surface area is 116 Å². The minimum Gasteiger partial charge on any atom is -0.369 e. The molecule has 0 saturated heterocycles. The lowest BCUT2D eigenvalue weighted by atomic mass is 10.0. The zero-order chi connectivity index (χ0) is 14.1. The van der Waals surface area contributed by atoms with Crippen molar-refractivity contribution in [1.82, 2.24) is 4.98 Å². The number of hydrogen-bond donors (Lipinski definition) is 1. The minimum absolute atomic E-state index is 0.111. The summed E-state index contributed by atoms with van der Waals surface area (Å²) in [5.41, 5.74) is 8.50. The molecule has 0 aliphatic carbocycles. The number of nitrogens with two attached hydrogens (primary N) is 1. The Kier molecular flexibility index (Phi) is 3.10. The van der Waals surface area contributed by atoms with Gasteiger partial charge in [0, 0.05) is 12.4 Å². The molecule has 0 bridgehead atoms. The van der Waals surface area contributed by atoms with Crippen LogP contribution in [0.15, 0.2) is 47.7 Å². The van der Waals surface area contributed by atoms with E-state index < -0.39 is 0 Å². The second kappa shape index (κ2) is 4.92. The number of halogens is 1. The molecule has 102 valence electrons. The van der Waals surface area contributed by atoms with E-state index in [9.17, 15) is 4.39 Å². The third kappa shape index (κ3) is 2.01. The summed E-state index contributed by atoms with van der Waals surface area (Å²) >= 11 is 0. The van der Waals surface area contributed by atoms with Crippen LogP contribution in [0.5, 0.6) is 0 Å². The van der Waals surface area contributed by atoms with Gasteiger partial charge in [0.25, 0.3) is 0 Å². The highest BCUT2D eigenvalue weighted by molar-refractivity contribution is 5.97. The van der Waals surface area contributed by atoms with E-state index in [2.05, 4.69) is 9.98 Å². The number of aliphatic imine (C=N–C) groups is 1. The molecule has 3 rings (SSSR count). The van der Waals surface area contributed by atoms with Crippen LogP contribution in [-0.2, 0) is 0 Å². The van der Waals surface area contributed by atoms with Crippen LogP contribution >= 0.6 is 0 Å². The van der Waals surface area contributed by atoms with Crippen LogP contribution in [0.3, 0.4) is 0 Å². The fourth-order valence-corrected chi connectivity index (χ4v) is 2.50. The maximum Gasteiger partial charge on any atom is 0.196 e. The maximum atomic E-state index is 14.0. The molecule has 1 atom stereocenters. The van der Waals surface area contributed by atoms with Gasteiger partial charge in [-0.3, -0.25) is 9.98 Å². The number of guanidine groups is 1. The molecule has 0 fully saturated rings. The lowest BCUT2D eigenvalue weighted by molar-refractivity contribution is 0.619. The lowest BCUT2D eigenvalue weighted by Crippen LogP contribution is -2.37. The topological polar surface area (TPSA) is 54.5 Å². The van der Waals surface area contributed by atoms with Crippen LogP contribution in [-0.4, -0.2) is 17.5 Å². The molecule has 20 heavy (non-hydrogen) atoms. The maximum absolute atomic E-state index is 14.0. The van der Waals surface area contributed by atoms with Crippen LogP contribution < -0.4 is 10.6 Å². The van der Waals surface area contributed by atoms with Crippen molar-refractivity contribution in [2.45, 2.75) is 13.0 Å². The van der Waals surface area contributed by atoms with Crippen molar-refractivity contribution < 1.29 is 4.39 Å². The number of aryl methyl sites for hydroxylation is 1. The molecule has 1 aliphatic heterocycles. The van der Waals surface area contributed by atoms with Crippen LogP contribution in [0, 0.1) is 12.7 Å². The minimum atomic E-state index is -0.306. The van der Waals surface area contributed by atoms with Crippen molar-refractivity contribution in [3.8, 4) is 0 Å². The van der Waals surface area contributed by atoms with Gasteiger partial charge in [-0.25, -0.2) is 4.39 Å². The molecular formula is C15H15FN4. The van der Waals surface area contributed by atoms with Gasteiger partial charge in [0.1, 0.15) is 5.82 Å². The second-order valence-electron chi connectivity index (χ2n) is 4.77. The summed E-state index contributed by atoms with van der Waals surface area (Å²) in [6.45, 7) is 2.51. The number of rotatable bonds is 2. The molecule has 1 aliphatic rings. The van der Waals surface area contributed by atoms with E-state index in [0.717, 1.165) is 11.1 Å². The quantitative estimate of drug-likeness (QED) is 0.911. The van der Waals surface area contributed by atoms with Crippen LogP contribution in [0.1, 0.15) is 17.2 Å². The van der Waals surface area contributed by atoms with Crippen LogP contribution in [0.4, 0.5) is 10.1 Å². The summed E-state index contributed by atoms with van der Waals surface area (Å²) in [5, 5.41) is 0. The Balaban J connectivity index is 2.06. The molecule has 0 saturated carbocycles. The predicted octanol–water partition coefficient (Wildman–Crippen LogP) is 2.41. The van der Waals surface area contributed by atoms with Gasteiger partial charge in [-0.15, -0.1) is 0 Å². The summed E-state index contributed by atoms with van der Waals surface area (Å²) in [5.74, 6) is 0.0300. The smallest absolute Gasteiger partial charge is 0.196 e. The van der Waals surface area contributed by atoms with E-state index in [4.69, 9.17) is 5.73 Å². The monoisotopic (exact) mass is 270 g/mol. The van der Waals surface area contributed by atoms with Crippen molar-refractivity contribution in [3.05, 3.63) is 59.7 Å². The Hall–Kier alpha value is -2.43. The van der Waals surface area contributed by atoms with Crippen molar-refractivity contribution in [1.29, 1.82) is 0 Å². The third-order valence-corrected chi connectivity index (χ3v) is 3.54. The molecule has 0 amide bonds. The summed E-state index contributed by atoms with van der Waals surface area (Å²) in [6.07, 6.45) is 3.54. The highest BCUT2D eigenvalue weighted by atomic mass is 19.1. The lowest BCUT2D eigenvalue weighted by Gasteiger charge is -2.27. The molecule has 2 N–H and O–H groups in total. The first-order chi connectivity index (χ1) is 9.68. The number of pyridine rings is 1. The standard InChI is InChI=1S/C15H15FN4/c1-10-6-7-18-8-11(10)14-9-19-15(17)20(14)13-5-3-2-4-12(13)16/h2-8,14H,9H2,1H3,(H2,17,19). The average Bonchev–Trinajstić information content (AvgIpc) is 2.82. The Morgan fingerprint density at radius 2 is 2.10 bits per heavy atom. The number of anilines is 1. The van der Waals surface area contributed by atoms with Gasteiger partial charge in [-0.2, -0.15) is 0 Å². The summed E-state index contributed by atoms with van der Waals surface area (Å²) in [4.78, 5) is 10.1. The SMILES string of the molecule is Cc1ccncc1C1CN=C(N)N1c1ccccc1F. The third-order valence-electron chi connectivity index (χ3n) is 3.54. The molecule has 4 nitrogen and oxygen atoms in total. The fraction of sp³-hybridized carbons (Fsp3) is 0.200. The normalized spacial score (nSPS) is 18.2. The van der Waals surface area contributed by atoms with Gasteiger partial charge in [-0.05, 0) is 36.2 Å². The molecule has 2 aromatic rings. The zero-order valence-corrected chi connectivity index (χ0v) is 11.1. The van der Waals surface area contributed by atoms with Gasteiger partial charge in [0.05, 0.1) is 18.3 Å². The first-order valence-electron chi connectivity index (χ1n) is 6.42. The fourth-order valence-electron chi connectivity index (χ4n) is 2.50. The molecule has 2 heterocycles. The Morgan fingerprint density at radius 3 is 2.85 bits per heavy atom. The van der Waals surface area contributed by atoms with Gasteiger partial charge >= 0.3 is 0 Å². The first-order valence-corrected chi connectivity index (χ1v) is 6.42. The van der Waals surface area contributed by atoms with E-state index >= 15 is 0 Å². The van der Waals surface area contributed by atoms with Gasteiger partial charge in [0.15, 0.2) is 5.96 Å². The van der Waals surface area contributed by atoms with E-state index in [1.807, 2.05) is 13.0 Å². The van der Waals surface area contributed by atoms with Crippen molar-refractivity contribution >= 4 is 11.6 Å². The Bertz CT molecular complexity index is 668. The number of benzene rings is 1. The summed E-state index contributed by atoms with van der Waals surface area (Å²) in [6, 6.07) is 8.41. The molecule has 1 aromatic carbocycles. The second-order valence-corrected chi connectivity index (χ2v) is 4.77. The first kappa shape index (κ1) is 12.6. The van der Waals surface area contributed by atoms with E-state index in [1.165, 1.54) is 6.07 Å². The number of nitrogens with zero attached hydrogens (tertiary/aromatic N) is 3. The van der Waals surface area contributed by atoms with E-state index in [0.29, 0.717) is 18.2 Å².